The molecule has 0 radical (unpaired) electrons. The zero-order chi connectivity index (χ0) is 16.9. The normalized spacial score (nSPS) is 18.9. The summed E-state index contributed by atoms with van der Waals surface area (Å²) in [6.45, 7) is 5.87. The Morgan fingerprint density at radius 2 is 1.88 bits per heavy atom. The molecule has 1 aliphatic heterocycles. The maximum absolute atomic E-state index is 12.4. The number of aromatic nitrogens is 1. The fourth-order valence-corrected chi connectivity index (χ4v) is 2.87. The third kappa shape index (κ3) is 3.92. The molecule has 5 nitrogen and oxygen atoms in total. The molecule has 126 valence electrons. The number of rotatable bonds is 3. The smallest absolute Gasteiger partial charge is 0.318 e. The minimum absolute atomic E-state index is 0.0316. The Balaban J connectivity index is 1.62. The van der Waals surface area contributed by atoms with Crippen LogP contribution in [0.25, 0.3) is 11.1 Å². The molecule has 1 aromatic carbocycles. The Bertz CT molecular complexity index is 673. The van der Waals surface area contributed by atoms with Crippen molar-refractivity contribution in [3.05, 3.63) is 54.4 Å². The zero-order valence-electron chi connectivity index (χ0n) is 14.1. The minimum Gasteiger partial charge on any atom is -0.375 e. The number of pyridine rings is 1. The molecule has 1 N–H and O–H groups in total. The lowest BCUT2D eigenvalue weighted by Gasteiger charge is -2.32. The van der Waals surface area contributed by atoms with Gasteiger partial charge in [0.2, 0.25) is 0 Å². The molecule has 1 aromatic heterocycles. The van der Waals surface area contributed by atoms with Crippen molar-refractivity contribution >= 4 is 6.03 Å². The van der Waals surface area contributed by atoms with Gasteiger partial charge in [-0.05, 0) is 42.7 Å². The van der Waals surface area contributed by atoms with E-state index >= 15 is 0 Å². The van der Waals surface area contributed by atoms with E-state index in [1.165, 1.54) is 0 Å². The molecule has 2 heterocycles. The van der Waals surface area contributed by atoms with Gasteiger partial charge in [-0.25, -0.2) is 4.79 Å². The largest absolute Gasteiger partial charge is 0.375 e. The van der Waals surface area contributed by atoms with Crippen LogP contribution in [0.2, 0.25) is 0 Å². The second-order valence-corrected chi connectivity index (χ2v) is 6.16. The van der Waals surface area contributed by atoms with Crippen molar-refractivity contribution in [2.75, 3.05) is 19.7 Å². The lowest BCUT2D eigenvalue weighted by Crippen LogP contribution is -2.49. The molecular weight excluding hydrogens is 302 g/mol. The van der Waals surface area contributed by atoms with E-state index in [-0.39, 0.29) is 18.2 Å². The van der Waals surface area contributed by atoms with Crippen LogP contribution in [-0.4, -0.2) is 41.7 Å². The van der Waals surface area contributed by atoms with Crippen LogP contribution in [0.3, 0.4) is 0 Å². The van der Waals surface area contributed by atoms with Gasteiger partial charge in [0.15, 0.2) is 0 Å². The number of morpholine rings is 1. The molecule has 24 heavy (non-hydrogen) atoms. The van der Waals surface area contributed by atoms with Crippen molar-refractivity contribution in [1.82, 2.24) is 15.2 Å². The van der Waals surface area contributed by atoms with Gasteiger partial charge in [0, 0.05) is 25.5 Å². The third-order valence-electron chi connectivity index (χ3n) is 4.29. The Morgan fingerprint density at radius 1 is 1.21 bits per heavy atom. The van der Waals surface area contributed by atoms with Crippen LogP contribution in [0.5, 0.6) is 0 Å². The van der Waals surface area contributed by atoms with Crippen LogP contribution in [0, 0.1) is 0 Å². The predicted molar refractivity (Wildman–Crippen MR) is 93.6 cm³/mol. The number of hydrogen-bond acceptors (Lipinski definition) is 3. The maximum atomic E-state index is 12.4. The Morgan fingerprint density at radius 3 is 2.54 bits per heavy atom. The summed E-state index contributed by atoms with van der Waals surface area (Å²) in [5.41, 5.74) is 3.36. The molecule has 3 rings (SSSR count). The van der Waals surface area contributed by atoms with E-state index in [1.54, 1.807) is 12.4 Å². The average molecular weight is 325 g/mol. The highest BCUT2D eigenvalue weighted by molar-refractivity contribution is 5.75. The highest BCUT2D eigenvalue weighted by Gasteiger charge is 2.22. The molecule has 2 unspecified atom stereocenters. The van der Waals surface area contributed by atoms with Gasteiger partial charge in [0.25, 0.3) is 0 Å². The lowest BCUT2D eigenvalue weighted by atomic mass is 10.0. The lowest BCUT2D eigenvalue weighted by molar-refractivity contribution is -0.00380. The summed E-state index contributed by atoms with van der Waals surface area (Å²) in [7, 11) is 0. The van der Waals surface area contributed by atoms with E-state index in [0.717, 1.165) is 16.7 Å². The monoisotopic (exact) mass is 325 g/mol. The van der Waals surface area contributed by atoms with Crippen LogP contribution in [-0.2, 0) is 4.74 Å². The van der Waals surface area contributed by atoms with E-state index < -0.39 is 0 Å². The summed E-state index contributed by atoms with van der Waals surface area (Å²) in [5, 5.41) is 3.07. The standard InChI is InChI=1S/C19H23N3O2/c1-14-13-22(11-12-24-14)19(23)21-15(2)16-3-5-17(6-4-16)18-7-9-20-10-8-18/h3-10,14-15H,11-13H2,1-2H3,(H,21,23). The van der Waals surface area contributed by atoms with E-state index in [1.807, 2.05) is 30.9 Å². The number of benzene rings is 1. The van der Waals surface area contributed by atoms with Crippen molar-refractivity contribution in [2.45, 2.75) is 26.0 Å². The van der Waals surface area contributed by atoms with E-state index in [4.69, 9.17) is 4.74 Å². The van der Waals surface area contributed by atoms with Gasteiger partial charge in [-0.1, -0.05) is 24.3 Å². The fourth-order valence-electron chi connectivity index (χ4n) is 2.87. The van der Waals surface area contributed by atoms with Crippen molar-refractivity contribution in [3.63, 3.8) is 0 Å². The number of carbonyl (C=O) groups excluding carboxylic acids is 1. The molecule has 0 saturated carbocycles. The van der Waals surface area contributed by atoms with Crippen LogP contribution in [0.4, 0.5) is 4.79 Å². The molecule has 5 heteroatoms. The fraction of sp³-hybridized carbons (Fsp3) is 0.368. The Hall–Kier alpha value is -2.40. The Kier molecular flexibility index (Phi) is 5.11. The highest BCUT2D eigenvalue weighted by atomic mass is 16.5. The van der Waals surface area contributed by atoms with Gasteiger partial charge in [0.1, 0.15) is 0 Å². The van der Waals surface area contributed by atoms with Gasteiger partial charge in [-0.15, -0.1) is 0 Å². The first-order chi connectivity index (χ1) is 11.6. The minimum atomic E-state index is -0.0397. The van der Waals surface area contributed by atoms with Crippen molar-refractivity contribution in [1.29, 1.82) is 0 Å². The van der Waals surface area contributed by atoms with Gasteiger partial charge < -0.3 is 15.0 Å². The number of nitrogens with one attached hydrogen (secondary N) is 1. The second-order valence-electron chi connectivity index (χ2n) is 6.16. The predicted octanol–water partition coefficient (Wildman–Crippen LogP) is 3.24. The SMILES string of the molecule is CC1CN(C(=O)NC(C)c2ccc(-c3ccncc3)cc2)CCO1. The first kappa shape index (κ1) is 16.5. The van der Waals surface area contributed by atoms with Crippen LogP contribution in [0.1, 0.15) is 25.5 Å². The summed E-state index contributed by atoms with van der Waals surface area (Å²) in [6.07, 6.45) is 3.67. The molecule has 1 fully saturated rings. The van der Waals surface area contributed by atoms with Gasteiger partial charge in [-0.2, -0.15) is 0 Å². The molecule has 0 spiro atoms. The molecule has 2 atom stereocenters. The van der Waals surface area contributed by atoms with E-state index in [9.17, 15) is 4.79 Å². The molecule has 2 amide bonds. The van der Waals surface area contributed by atoms with Gasteiger partial charge in [-0.3, -0.25) is 4.98 Å². The quantitative estimate of drug-likeness (QED) is 0.942. The molecule has 1 saturated heterocycles. The molecule has 1 aliphatic rings. The van der Waals surface area contributed by atoms with Gasteiger partial charge >= 0.3 is 6.03 Å². The van der Waals surface area contributed by atoms with E-state index in [0.29, 0.717) is 19.7 Å². The molecular formula is C19H23N3O2. The van der Waals surface area contributed by atoms with Crippen molar-refractivity contribution in [2.24, 2.45) is 0 Å². The topological polar surface area (TPSA) is 54.5 Å². The molecule has 0 bridgehead atoms. The number of amides is 2. The van der Waals surface area contributed by atoms with Crippen molar-refractivity contribution in [3.8, 4) is 11.1 Å². The summed E-state index contributed by atoms with van der Waals surface area (Å²) < 4.78 is 5.48. The third-order valence-corrected chi connectivity index (χ3v) is 4.29. The zero-order valence-corrected chi connectivity index (χ0v) is 14.1. The van der Waals surface area contributed by atoms with E-state index in [2.05, 4.69) is 34.6 Å². The maximum Gasteiger partial charge on any atom is 0.318 e. The molecule has 0 aliphatic carbocycles. The van der Waals surface area contributed by atoms with Gasteiger partial charge in [0.05, 0.1) is 18.8 Å². The Labute approximate surface area is 142 Å². The summed E-state index contributed by atoms with van der Waals surface area (Å²) in [5.74, 6) is 0. The first-order valence-corrected chi connectivity index (χ1v) is 8.31. The number of hydrogen-bond donors (Lipinski definition) is 1. The molecule has 2 aromatic rings. The van der Waals surface area contributed by atoms with Crippen LogP contribution in [0.15, 0.2) is 48.8 Å². The number of urea groups is 1. The average Bonchev–Trinajstić information content (AvgIpc) is 2.62. The van der Waals surface area contributed by atoms with Crippen molar-refractivity contribution < 1.29 is 9.53 Å². The summed E-state index contributed by atoms with van der Waals surface area (Å²) in [6, 6.07) is 12.2. The number of ether oxygens (including phenoxy) is 1. The second kappa shape index (κ2) is 7.45. The number of nitrogens with zero attached hydrogens (tertiary/aromatic N) is 2. The van der Waals surface area contributed by atoms with Crippen LogP contribution < -0.4 is 5.32 Å². The highest BCUT2D eigenvalue weighted by Crippen LogP contribution is 2.21. The summed E-state index contributed by atoms with van der Waals surface area (Å²) in [4.78, 5) is 18.2. The number of carbonyl (C=O) groups is 1. The first-order valence-electron chi connectivity index (χ1n) is 8.31. The van der Waals surface area contributed by atoms with Crippen LogP contribution >= 0.6 is 0 Å². The summed E-state index contributed by atoms with van der Waals surface area (Å²) >= 11 is 0.